The number of carbonyl (C=O) groups excluding carboxylic acids is 1. The van der Waals surface area contributed by atoms with Gasteiger partial charge in [-0.2, -0.15) is 5.26 Å². The molecule has 0 unspecified atom stereocenters. The average molecular weight is 432 g/mol. The highest BCUT2D eigenvalue weighted by Crippen LogP contribution is 2.27. The second-order valence-electron chi connectivity index (χ2n) is 8.10. The molecule has 1 N–H and O–H groups in total. The molecule has 1 aliphatic heterocycles. The predicted molar refractivity (Wildman–Crippen MR) is 115 cm³/mol. The van der Waals surface area contributed by atoms with Crippen LogP contribution in [0.15, 0.2) is 47.5 Å². The lowest BCUT2D eigenvalue weighted by Crippen LogP contribution is -2.49. The normalized spacial score (nSPS) is 16.7. The summed E-state index contributed by atoms with van der Waals surface area (Å²) >= 11 is 0. The number of rotatable bonds is 4. The van der Waals surface area contributed by atoms with Crippen molar-refractivity contribution in [2.45, 2.75) is 18.9 Å². The monoisotopic (exact) mass is 432 g/mol. The molecule has 1 saturated heterocycles. The third kappa shape index (κ3) is 3.69. The standard InChI is InChI=1S/C23H21FN6O2/c24-20-11-15(1-2-16(20)12-25)19-14-27-30(23(19)32)21-6-3-17(13-26-21)22(31)29-9-7-28(8-10-29)18-4-5-18/h1-3,6,11,13-14,18,27H,4-5,7-10H2. The predicted octanol–water partition coefficient (Wildman–Crippen LogP) is 2.16. The third-order valence-corrected chi connectivity index (χ3v) is 6.06. The summed E-state index contributed by atoms with van der Waals surface area (Å²) in [6, 6.07) is 9.75. The van der Waals surface area contributed by atoms with Gasteiger partial charge in [-0.3, -0.25) is 19.6 Å². The van der Waals surface area contributed by atoms with Crippen LogP contribution in [0.1, 0.15) is 28.8 Å². The van der Waals surface area contributed by atoms with Gasteiger partial charge in [-0.1, -0.05) is 6.07 Å². The number of pyridine rings is 1. The highest BCUT2D eigenvalue weighted by Gasteiger charge is 2.32. The molecule has 32 heavy (non-hydrogen) atoms. The van der Waals surface area contributed by atoms with Gasteiger partial charge in [0.05, 0.1) is 16.7 Å². The molecule has 1 amide bonds. The van der Waals surface area contributed by atoms with Crippen LogP contribution in [0.2, 0.25) is 0 Å². The number of aromatic nitrogens is 3. The first-order chi connectivity index (χ1) is 15.5. The Morgan fingerprint density at radius 3 is 2.56 bits per heavy atom. The Morgan fingerprint density at radius 1 is 1.16 bits per heavy atom. The van der Waals surface area contributed by atoms with E-state index in [-0.39, 0.29) is 17.0 Å². The van der Waals surface area contributed by atoms with E-state index < -0.39 is 11.4 Å². The maximum Gasteiger partial charge on any atom is 0.280 e. The number of hydrogen-bond acceptors (Lipinski definition) is 5. The number of carbonyl (C=O) groups is 1. The fraction of sp³-hybridized carbons (Fsp3) is 0.304. The molecule has 162 valence electrons. The summed E-state index contributed by atoms with van der Waals surface area (Å²) in [4.78, 5) is 34.2. The van der Waals surface area contributed by atoms with Gasteiger partial charge in [-0.05, 0) is 42.7 Å². The SMILES string of the molecule is N#Cc1ccc(-c2c[nH]n(-c3ccc(C(=O)N4CCN(C5CC5)CC4)cn3)c2=O)cc1F. The van der Waals surface area contributed by atoms with E-state index in [0.717, 1.165) is 19.2 Å². The van der Waals surface area contributed by atoms with Crippen LogP contribution < -0.4 is 5.56 Å². The maximum atomic E-state index is 13.9. The number of benzene rings is 1. The van der Waals surface area contributed by atoms with Gasteiger partial charge >= 0.3 is 0 Å². The lowest BCUT2D eigenvalue weighted by Gasteiger charge is -2.34. The maximum absolute atomic E-state index is 13.9. The van der Waals surface area contributed by atoms with Gasteiger partial charge in [0.25, 0.3) is 11.5 Å². The first kappa shape index (κ1) is 20.2. The van der Waals surface area contributed by atoms with Crippen LogP contribution in [-0.2, 0) is 0 Å². The highest BCUT2D eigenvalue weighted by atomic mass is 19.1. The number of nitrogens with one attached hydrogen (secondary N) is 1. The van der Waals surface area contributed by atoms with Crippen molar-refractivity contribution in [1.82, 2.24) is 24.6 Å². The summed E-state index contributed by atoms with van der Waals surface area (Å²) in [5, 5.41) is 11.7. The summed E-state index contributed by atoms with van der Waals surface area (Å²) in [6.07, 6.45) is 5.46. The number of nitrogens with zero attached hydrogens (tertiary/aromatic N) is 5. The van der Waals surface area contributed by atoms with E-state index in [1.807, 2.05) is 4.90 Å². The van der Waals surface area contributed by atoms with Crippen LogP contribution in [-0.4, -0.2) is 62.7 Å². The van der Waals surface area contributed by atoms with Crippen molar-refractivity contribution < 1.29 is 9.18 Å². The molecule has 0 spiro atoms. The molecule has 0 bridgehead atoms. The number of H-pyrrole nitrogens is 1. The van der Waals surface area contributed by atoms with Crippen LogP contribution in [0.3, 0.4) is 0 Å². The first-order valence-electron chi connectivity index (χ1n) is 10.6. The molecule has 0 atom stereocenters. The molecule has 0 radical (unpaired) electrons. The first-order valence-corrected chi connectivity index (χ1v) is 10.6. The van der Waals surface area contributed by atoms with Crippen LogP contribution in [0, 0.1) is 17.1 Å². The van der Waals surface area contributed by atoms with Crippen LogP contribution in [0.5, 0.6) is 0 Å². The Bertz CT molecular complexity index is 1260. The Kier molecular flexibility index (Phi) is 5.07. The van der Waals surface area contributed by atoms with E-state index in [1.165, 1.54) is 42.0 Å². The van der Waals surface area contributed by atoms with Crippen LogP contribution in [0.4, 0.5) is 4.39 Å². The molecule has 2 fully saturated rings. The lowest BCUT2D eigenvalue weighted by molar-refractivity contribution is 0.0627. The number of halogens is 1. The summed E-state index contributed by atoms with van der Waals surface area (Å²) in [5.41, 5.74) is 0.600. The second kappa shape index (κ2) is 8.05. The fourth-order valence-corrected chi connectivity index (χ4v) is 4.08. The van der Waals surface area contributed by atoms with Crippen molar-refractivity contribution in [1.29, 1.82) is 5.26 Å². The van der Waals surface area contributed by atoms with Gasteiger partial charge in [-0.25, -0.2) is 14.1 Å². The van der Waals surface area contributed by atoms with Crippen molar-refractivity contribution in [3.63, 3.8) is 0 Å². The van der Waals surface area contributed by atoms with E-state index in [1.54, 1.807) is 18.2 Å². The molecule has 9 heteroatoms. The molecule has 3 heterocycles. The molecule has 3 aromatic rings. The molecule has 8 nitrogen and oxygen atoms in total. The zero-order valence-corrected chi connectivity index (χ0v) is 17.3. The number of aromatic amines is 1. The molecule has 1 aromatic carbocycles. The fourth-order valence-electron chi connectivity index (χ4n) is 4.08. The average Bonchev–Trinajstić information content (AvgIpc) is 3.61. The molecular formula is C23H21FN6O2. The number of hydrogen-bond donors (Lipinski definition) is 1. The molecule has 2 aliphatic rings. The number of nitriles is 1. The van der Waals surface area contributed by atoms with Crippen molar-refractivity contribution in [3.8, 4) is 23.0 Å². The minimum absolute atomic E-state index is 0.0629. The summed E-state index contributed by atoms with van der Waals surface area (Å²) in [6.45, 7) is 3.21. The van der Waals surface area contributed by atoms with Crippen molar-refractivity contribution in [3.05, 3.63) is 70.0 Å². The van der Waals surface area contributed by atoms with E-state index in [2.05, 4.69) is 15.0 Å². The van der Waals surface area contributed by atoms with Crippen molar-refractivity contribution in [2.75, 3.05) is 26.2 Å². The van der Waals surface area contributed by atoms with Crippen LogP contribution >= 0.6 is 0 Å². The molecular weight excluding hydrogens is 411 g/mol. The van der Waals surface area contributed by atoms with Crippen molar-refractivity contribution in [2.24, 2.45) is 0 Å². The highest BCUT2D eigenvalue weighted by molar-refractivity contribution is 5.94. The van der Waals surface area contributed by atoms with E-state index >= 15 is 0 Å². The lowest BCUT2D eigenvalue weighted by atomic mass is 10.1. The zero-order valence-electron chi connectivity index (χ0n) is 17.3. The van der Waals surface area contributed by atoms with E-state index in [9.17, 15) is 14.0 Å². The molecule has 1 saturated carbocycles. The van der Waals surface area contributed by atoms with E-state index in [4.69, 9.17) is 5.26 Å². The summed E-state index contributed by atoms with van der Waals surface area (Å²) < 4.78 is 15.2. The summed E-state index contributed by atoms with van der Waals surface area (Å²) in [7, 11) is 0. The minimum Gasteiger partial charge on any atom is -0.336 e. The van der Waals surface area contributed by atoms with Gasteiger partial charge in [0.2, 0.25) is 0 Å². The molecule has 1 aliphatic carbocycles. The zero-order chi connectivity index (χ0) is 22.2. The topological polar surface area (TPSA) is 98.0 Å². The summed E-state index contributed by atoms with van der Waals surface area (Å²) in [5.74, 6) is -0.423. The third-order valence-electron chi connectivity index (χ3n) is 6.06. The Balaban J connectivity index is 1.32. The van der Waals surface area contributed by atoms with Crippen LogP contribution in [0.25, 0.3) is 16.9 Å². The number of amides is 1. The largest absolute Gasteiger partial charge is 0.336 e. The number of piperazine rings is 1. The Hall–Kier alpha value is -3.77. The van der Waals surface area contributed by atoms with Gasteiger partial charge < -0.3 is 4.90 Å². The van der Waals surface area contributed by atoms with Gasteiger partial charge in [0, 0.05) is 44.6 Å². The van der Waals surface area contributed by atoms with E-state index in [0.29, 0.717) is 36.1 Å². The Labute approximate surface area is 183 Å². The molecule has 2 aromatic heterocycles. The minimum atomic E-state index is -0.684. The van der Waals surface area contributed by atoms with Crippen molar-refractivity contribution >= 4 is 5.91 Å². The molecule has 5 rings (SSSR count). The second-order valence-corrected chi connectivity index (χ2v) is 8.10. The van der Waals surface area contributed by atoms with Gasteiger partial charge in [0.1, 0.15) is 11.9 Å². The van der Waals surface area contributed by atoms with Gasteiger partial charge in [-0.15, -0.1) is 0 Å². The quantitative estimate of drug-likeness (QED) is 0.681. The van der Waals surface area contributed by atoms with Gasteiger partial charge in [0.15, 0.2) is 5.82 Å². The smallest absolute Gasteiger partial charge is 0.280 e. The Morgan fingerprint density at radius 2 is 1.94 bits per heavy atom.